The SMILES string of the molecule is O=C(NCc1ccccc1Br)NCC1CCC(C(=O)O)O1. The Bertz CT molecular complexity index is 523. The van der Waals surface area contributed by atoms with Crippen LogP contribution >= 0.6 is 15.9 Å². The van der Waals surface area contributed by atoms with Gasteiger partial charge in [-0.25, -0.2) is 9.59 Å². The zero-order chi connectivity index (χ0) is 15.2. The lowest BCUT2D eigenvalue weighted by Gasteiger charge is -2.13. The number of benzene rings is 1. The molecule has 0 bridgehead atoms. The number of rotatable bonds is 5. The highest BCUT2D eigenvalue weighted by atomic mass is 79.9. The summed E-state index contributed by atoms with van der Waals surface area (Å²) < 4.78 is 6.24. The number of urea groups is 1. The first-order chi connectivity index (χ1) is 10.1. The van der Waals surface area contributed by atoms with E-state index < -0.39 is 12.1 Å². The van der Waals surface area contributed by atoms with E-state index in [1.54, 1.807) is 0 Å². The Hall–Kier alpha value is -1.60. The van der Waals surface area contributed by atoms with Crippen molar-refractivity contribution in [3.63, 3.8) is 0 Å². The Morgan fingerprint density at radius 2 is 2.05 bits per heavy atom. The molecule has 2 atom stereocenters. The minimum atomic E-state index is -0.948. The number of carboxylic acids is 1. The molecule has 0 spiro atoms. The number of amides is 2. The van der Waals surface area contributed by atoms with Crippen LogP contribution in [0.4, 0.5) is 4.79 Å². The second-order valence-corrected chi connectivity index (χ2v) is 5.67. The predicted octanol–water partition coefficient (Wildman–Crippen LogP) is 1.88. The van der Waals surface area contributed by atoms with Gasteiger partial charge in [0, 0.05) is 17.6 Å². The number of carbonyl (C=O) groups excluding carboxylic acids is 1. The molecular formula is C14H17BrN2O4. The van der Waals surface area contributed by atoms with E-state index in [1.807, 2.05) is 24.3 Å². The van der Waals surface area contributed by atoms with Gasteiger partial charge in [0.25, 0.3) is 0 Å². The van der Waals surface area contributed by atoms with Crippen molar-refractivity contribution in [1.82, 2.24) is 10.6 Å². The summed E-state index contributed by atoms with van der Waals surface area (Å²) >= 11 is 3.41. The van der Waals surface area contributed by atoms with Crippen LogP contribution in [0.15, 0.2) is 28.7 Å². The molecule has 2 unspecified atom stereocenters. The van der Waals surface area contributed by atoms with Gasteiger partial charge in [0.05, 0.1) is 6.10 Å². The number of hydrogen-bond donors (Lipinski definition) is 3. The molecule has 1 saturated heterocycles. The van der Waals surface area contributed by atoms with Gasteiger partial charge in [0.15, 0.2) is 6.10 Å². The summed E-state index contributed by atoms with van der Waals surface area (Å²) in [6.45, 7) is 0.724. The molecule has 1 aliphatic rings. The van der Waals surface area contributed by atoms with Crippen LogP contribution in [0.3, 0.4) is 0 Å². The first kappa shape index (κ1) is 15.8. The van der Waals surface area contributed by atoms with Gasteiger partial charge < -0.3 is 20.5 Å². The third kappa shape index (κ3) is 4.71. The van der Waals surface area contributed by atoms with Gasteiger partial charge in [-0.05, 0) is 24.5 Å². The van der Waals surface area contributed by atoms with Crippen LogP contribution in [0, 0.1) is 0 Å². The van der Waals surface area contributed by atoms with E-state index in [1.165, 1.54) is 0 Å². The van der Waals surface area contributed by atoms with Gasteiger partial charge in [-0.2, -0.15) is 0 Å². The summed E-state index contributed by atoms with van der Waals surface area (Å²) in [7, 11) is 0. The lowest BCUT2D eigenvalue weighted by atomic mass is 10.2. The first-order valence-electron chi connectivity index (χ1n) is 6.69. The van der Waals surface area contributed by atoms with E-state index in [0.717, 1.165) is 10.0 Å². The standard InChI is InChI=1S/C14H17BrN2O4/c15-11-4-2-1-3-9(11)7-16-14(20)17-8-10-5-6-12(21-10)13(18)19/h1-4,10,12H,5-8H2,(H,18,19)(H2,16,17,20). The Kier molecular flexibility index (Phi) is 5.58. The van der Waals surface area contributed by atoms with Crippen molar-refractivity contribution < 1.29 is 19.4 Å². The molecule has 3 N–H and O–H groups in total. The van der Waals surface area contributed by atoms with Crippen molar-refractivity contribution >= 4 is 27.9 Å². The fourth-order valence-electron chi connectivity index (χ4n) is 2.12. The molecule has 1 heterocycles. The topological polar surface area (TPSA) is 87.7 Å². The third-order valence-corrected chi connectivity index (χ3v) is 4.04. The number of halogens is 1. The molecule has 1 fully saturated rings. The van der Waals surface area contributed by atoms with Gasteiger partial charge in [0.1, 0.15) is 0 Å². The lowest BCUT2D eigenvalue weighted by Crippen LogP contribution is -2.39. The Balaban J connectivity index is 1.69. The average molecular weight is 357 g/mol. The number of aliphatic carboxylic acids is 1. The zero-order valence-electron chi connectivity index (χ0n) is 11.3. The molecule has 6 nitrogen and oxygen atoms in total. The lowest BCUT2D eigenvalue weighted by molar-refractivity contribution is -0.149. The minimum absolute atomic E-state index is 0.236. The van der Waals surface area contributed by atoms with Gasteiger partial charge in [0.2, 0.25) is 0 Å². The summed E-state index contributed by atoms with van der Waals surface area (Å²) in [6, 6.07) is 7.34. The number of hydrogen-bond acceptors (Lipinski definition) is 3. The number of ether oxygens (including phenoxy) is 1. The monoisotopic (exact) mass is 356 g/mol. The Morgan fingerprint density at radius 3 is 2.71 bits per heavy atom. The average Bonchev–Trinajstić information content (AvgIpc) is 2.93. The van der Waals surface area contributed by atoms with Crippen molar-refractivity contribution in [2.24, 2.45) is 0 Å². The number of nitrogens with one attached hydrogen (secondary N) is 2. The second-order valence-electron chi connectivity index (χ2n) is 4.82. The number of carbonyl (C=O) groups is 2. The maximum Gasteiger partial charge on any atom is 0.332 e. The van der Waals surface area contributed by atoms with Crippen LogP contribution in [-0.4, -0.2) is 35.9 Å². The van der Waals surface area contributed by atoms with E-state index in [-0.39, 0.29) is 12.1 Å². The maximum absolute atomic E-state index is 11.7. The summed E-state index contributed by atoms with van der Waals surface area (Å²) in [5.41, 5.74) is 0.982. The third-order valence-electron chi connectivity index (χ3n) is 3.27. The smallest absolute Gasteiger partial charge is 0.332 e. The van der Waals surface area contributed by atoms with Crippen LogP contribution in [-0.2, 0) is 16.1 Å². The quantitative estimate of drug-likeness (QED) is 0.751. The molecule has 0 aliphatic carbocycles. The van der Waals surface area contributed by atoms with Crippen LogP contribution in [0.1, 0.15) is 18.4 Å². The van der Waals surface area contributed by atoms with Gasteiger partial charge in [-0.1, -0.05) is 34.1 Å². The van der Waals surface area contributed by atoms with Crippen LogP contribution in [0.5, 0.6) is 0 Å². The molecular weight excluding hydrogens is 340 g/mol. The van der Waals surface area contributed by atoms with Crippen molar-refractivity contribution in [2.75, 3.05) is 6.54 Å². The molecule has 114 valence electrons. The van der Waals surface area contributed by atoms with Crippen LogP contribution in [0.2, 0.25) is 0 Å². The van der Waals surface area contributed by atoms with E-state index in [4.69, 9.17) is 9.84 Å². The normalized spacial score (nSPS) is 21.0. The first-order valence-corrected chi connectivity index (χ1v) is 7.49. The van der Waals surface area contributed by atoms with Crippen molar-refractivity contribution in [2.45, 2.75) is 31.6 Å². The van der Waals surface area contributed by atoms with Crippen molar-refractivity contribution in [1.29, 1.82) is 0 Å². The molecule has 1 aromatic rings. The van der Waals surface area contributed by atoms with E-state index in [9.17, 15) is 9.59 Å². The summed E-state index contributed by atoms with van der Waals surface area (Å²) in [5.74, 6) is -0.948. The maximum atomic E-state index is 11.7. The molecule has 21 heavy (non-hydrogen) atoms. The van der Waals surface area contributed by atoms with Crippen LogP contribution in [0.25, 0.3) is 0 Å². The van der Waals surface area contributed by atoms with E-state index in [2.05, 4.69) is 26.6 Å². The Morgan fingerprint density at radius 1 is 1.29 bits per heavy atom. The van der Waals surface area contributed by atoms with E-state index >= 15 is 0 Å². The van der Waals surface area contributed by atoms with Crippen molar-refractivity contribution in [3.05, 3.63) is 34.3 Å². The zero-order valence-corrected chi connectivity index (χ0v) is 12.9. The highest BCUT2D eigenvalue weighted by Crippen LogP contribution is 2.19. The molecule has 1 aliphatic heterocycles. The Labute approximate surface area is 131 Å². The second kappa shape index (κ2) is 7.42. The van der Waals surface area contributed by atoms with Gasteiger partial charge in [-0.15, -0.1) is 0 Å². The van der Waals surface area contributed by atoms with Crippen molar-refractivity contribution in [3.8, 4) is 0 Å². The summed E-state index contributed by atoms with van der Waals surface area (Å²) in [6.07, 6.45) is 0.141. The number of carboxylic acid groups (broad SMARTS) is 1. The molecule has 0 radical (unpaired) electrons. The largest absolute Gasteiger partial charge is 0.479 e. The highest BCUT2D eigenvalue weighted by Gasteiger charge is 2.30. The van der Waals surface area contributed by atoms with Gasteiger partial charge in [-0.3, -0.25) is 0 Å². The molecule has 0 saturated carbocycles. The molecule has 2 rings (SSSR count). The summed E-state index contributed by atoms with van der Waals surface area (Å²) in [4.78, 5) is 22.4. The minimum Gasteiger partial charge on any atom is -0.479 e. The fourth-order valence-corrected chi connectivity index (χ4v) is 2.55. The summed E-state index contributed by atoms with van der Waals surface area (Å²) in [5, 5.41) is 14.3. The molecule has 7 heteroatoms. The van der Waals surface area contributed by atoms with E-state index in [0.29, 0.717) is 25.9 Å². The highest BCUT2D eigenvalue weighted by molar-refractivity contribution is 9.10. The fraction of sp³-hybridized carbons (Fsp3) is 0.429. The van der Waals surface area contributed by atoms with Crippen LogP contribution < -0.4 is 10.6 Å². The molecule has 2 amide bonds. The molecule has 0 aromatic heterocycles. The molecule has 1 aromatic carbocycles. The van der Waals surface area contributed by atoms with Gasteiger partial charge >= 0.3 is 12.0 Å². The predicted molar refractivity (Wildman–Crippen MR) is 79.9 cm³/mol.